The lowest BCUT2D eigenvalue weighted by Crippen LogP contribution is -2.25. The van der Waals surface area contributed by atoms with Crippen molar-refractivity contribution in [2.75, 3.05) is 37.8 Å². The number of nitrogens with zero attached hydrogens (tertiary/aromatic N) is 5. The molecule has 2 aromatic carbocycles. The zero-order valence-electron chi connectivity index (χ0n) is 17.4. The normalized spacial score (nSPS) is 12.3. The van der Waals surface area contributed by atoms with E-state index in [1.807, 2.05) is 17.8 Å². The fourth-order valence-corrected chi connectivity index (χ4v) is 4.61. The summed E-state index contributed by atoms with van der Waals surface area (Å²) in [7, 11) is 4.23. The topological polar surface area (TPSA) is 87.0 Å². The lowest BCUT2D eigenvalue weighted by atomic mass is 10.2. The van der Waals surface area contributed by atoms with Gasteiger partial charge in [-0.1, -0.05) is 35.5 Å². The van der Waals surface area contributed by atoms with E-state index in [1.54, 1.807) is 0 Å². The van der Waals surface area contributed by atoms with Crippen LogP contribution in [0.25, 0.3) is 11.2 Å². The van der Waals surface area contributed by atoms with Crippen LogP contribution in [0.2, 0.25) is 5.02 Å². The highest BCUT2D eigenvalue weighted by Gasteiger charge is 2.22. The third-order valence-electron chi connectivity index (χ3n) is 4.83. The van der Waals surface area contributed by atoms with E-state index in [1.165, 1.54) is 33.8 Å². The molecule has 5 rings (SSSR count). The van der Waals surface area contributed by atoms with E-state index < -0.39 is 0 Å². The first-order valence-corrected chi connectivity index (χ1v) is 11.1. The van der Waals surface area contributed by atoms with Gasteiger partial charge in [0.1, 0.15) is 11.8 Å². The number of halogens is 1. The van der Waals surface area contributed by atoms with E-state index in [0.29, 0.717) is 17.0 Å². The van der Waals surface area contributed by atoms with Gasteiger partial charge in [-0.3, -0.25) is 0 Å². The summed E-state index contributed by atoms with van der Waals surface area (Å²) in [5.74, 6) is 0.433. The number of aromatic nitrogens is 4. The number of nitrogen functional groups attached to an aromatic ring is 1. The van der Waals surface area contributed by atoms with E-state index in [4.69, 9.17) is 17.3 Å². The Morgan fingerprint density at radius 1 is 1.06 bits per heavy atom. The molecule has 31 heavy (non-hydrogen) atoms. The molecule has 3 N–H and O–H groups in total. The Morgan fingerprint density at radius 2 is 1.87 bits per heavy atom. The van der Waals surface area contributed by atoms with Gasteiger partial charge < -0.3 is 20.5 Å². The average molecular weight is 454 g/mol. The second-order valence-corrected chi connectivity index (χ2v) is 8.87. The van der Waals surface area contributed by atoms with Crippen LogP contribution in [-0.2, 0) is 0 Å². The Labute approximate surface area is 190 Å². The number of nitrogens with two attached hydrogens (primary N) is 1. The molecule has 0 saturated carbocycles. The van der Waals surface area contributed by atoms with Crippen LogP contribution in [0, 0.1) is 0 Å². The monoisotopic (exact) mass is 453 g/mol. The summed E-state index contributed by atoms with van der Waals surface area (Å²) in [5, 5.41) is 0.798. The highest BCUT2D eigenvalue weighted by molar-refractivity contribution is 7.99. The maximum Gasteiger partial charge on any atom is 0.182 e. The van der Waals surface area contributed by atoms with Gasteiger partial charge in [-0.05, 0) is 57.4 Å². The maximum absolute atomic E-state index is 6.21. The van der Waals surface area contributed by atoms with Crippen molar-refractivity contribution in [3.63, 3.8) is 0 Å². The summed E-state index contributed by atoms with van der Waals surface area (Å²) in [5.41, 5.74) is 9.29. The number of nitrogens with one attached hydrogen (secondary N) is 1. The molecule has 0 bridgehead atoms. The molecule has 0 spiro atoms. The number of fused-ring (bicyclic) bond motifs is 3. The SMILES string of the molecule is CN(C)CCCN1c2ccccc2Sc2ccc(Cl)cc21.Nc1ncnc2nc[nH]c12. The summed E-state index contributed by atoms with van der Waals surface area (Å²) < 4.78 is 0. The van der Waals surface area contributed by atoms with Crippen molar-refractivity contribution in [1.82, 2.24) is 24.8 Å². The minimum atomic E-state index is 0.433. The molecule has 0 aliphatic carbocycles. The molecule has 4 aromatic rings. The number of hydrogen-bond acceptors (Lipinski definition) is 7. The minimum Gasteiger partial charge on any atom is -0.382 e. The third-order valence-corrected chi connectivity index (χ3v) is 6.19. The lowest BCUT2D eigenvalue weighted by Gasteiger charge is -2.33. The number of para-hydroxylation sites is 1. The van der Waals surface area contributed by atoms with Crippen molar-refractivity contribution in [2.24, 2.45) is 0 Å². The van der Waals surface area contributed by atoms with Crippen molar-refractivity contribution < 1.29 is 0 Å². The third kappa shape index (κ3) is 4.92. The van der Waals surface area contributed by atoms with Crippen LogP contribution in [0.5, 0.6) is 0 Å². The van der Waals surface area contributed by atoms with Crippen LogP contribution in [0.4, 0.5) is 17.2 Å². The molecule has 2 aromatic heterocycles. The van der Waals surface area contributed by atoms with Gasteiger partial charge in [0.25, 0.3) is 0 Å². The van der Waals surface area contributed by atoms with Crippen LogP contribution < -0.4 is 10.6 Å². The molecule has 0 radical (unpaired) electrons. The first-order chi connectivity index (χ1) is 15.0. The largest absolute Gasteiger partial charge is 0.382 e. The second kappa shape index (κ2) is 9.55. The van der Waals surface area contributed by atoms with Gasteiger partial charge in [-0.2, -0.15) is 0 Å². The molecular weight excluding hydrogens is 430 g/mol. The number of benzene rings is 2. The van der Waals surface area contributed by atoms with Crippen molar-refractivity contribution in [2.45, 2.75) is 16.2 Å². The molecule has 0 saturated heterocycles. The van der Waals surface area contributed by atoms with Gasteiger partial charge in [0, 0.05) is 21.4 Å². The Morgan fingerprint density at radius 3 is 2.68 bits per heavy atom. The average Bonchev–Trinajstić information content (AvgIpc) is 3.24. The first-order valence-electron chi connectivity index (χ1n) is 9.91. The zero-order chi connectivity index (χ0) is 21.8. The number of rotatable bonds is 4. The fraction of sp³-hybridized carbons (Fsp3) is 0.227. The van der Waals surface area contributed by atoms with Crippen molar-refractivity contribution in [3.05, 3.63) is 60.1 Å². The summed E-state index contributed by atoms with van der Waals surface area (Å²) in [6.45, 7) is 2.09. The number of hydrogen-bond donors (Lipinski definition) is 2. The van der Waals surface area contributed by atoms with Crippen LogP contribution in [0.15, 0.2) is 64.9 Å². The predicted octanol–water partition coefficient (Wildman–Crippen LogP) is 4.83. The van der Waals surface area contributed by atoms with Crippen LogP contribution >= 0.6 is 23.4 Å². The highest BCUT2D eigenvalue weighted by atomic mass is 35.5. The molecule has 1 aliphatic rings. The Kier molecular flexibility index (Phi) is 6.60. The van der Waals surface area contributed by atoms with Gasteiger partial charge in [0.05, 0.1) is 17.7 Å². The smallest absolute Gasteiger partial charge is 0.182 e. The van der Waals surface area contributed by atoms with Crippen LogP contribution in [0.3, 0.4) is 0 Å². The first kappa shape index (κ1) is 21.4. The maximum atomic E-state index is 6.21. The van der Waals surface area contributed by atoms with E-state index >= 15 is 0 Å². The van der Waals surface area contributed by atoms with Gasteiger partial charge >= 0.3 is 0 Å². The molecule has 0 amide bonds. The van der Waals surface area contributed by atoms with Gasteiger partial charge in [-0.15, -0.1) is 0 Å². The molecule has 0 unspecified atom stereocenters. The Balaban J connectivity index is 0.000000192. The van der Waals surface area contributed by atoms with E-state index in [-0.39, 0.29) is 0 Å². The minimum absolute atomic E-state index is 0.433. The number of imidazole rings is 1. The van der Waals surface area contributed by atoms with Crippen molar-refractivity contribution >= 4 is 51.7 Å². The molecule has 7 nitrogen and oxygen atoms in total. The highest BCUT2D eigenvalue weighted by Crippen LogP contribution is 2.48. The van der Waals surface area contributed by atoms with Crippen molar-refractivity contribution in [3.8, 4) is 0 Å². The molecule has 9 heteroatoms. The van der Waals surface area contributed by atoms with E-state index in [2.05, 4.69) is 80.2 Å². The molecule has 0 fully saturated rings. The summed E-state index contributed by atoms with van der Waals surface area (Å²) >= 11 is 8.03. The molecular formula is C22H24ClN7S. The number of aromatic amines is 1. The fourth-order valence-electron chi connectivity index (χ4n) is 3.37. The van der Waals surface area contributed by atoms with Gasteiger partial charge in [-0.25, -0.2) is 15.0 Å². The molecule has 3 heterocycles. The van der Waals surface area contributed by atoms with E-state index in [0.717, 1.165) is 24.5 Å². The molecule has 0 atom stereocenters. The van der Waals surface area contributed by atoms with Crippen molar-refractivity contribution in [1.29, 1.82) is 0 Å². The number of anilines is 3. The molecule has 160 valence electrons. The molecule has 1 aliphatic heterocycles. The Hall–Kier alpha value is -2.81. The quantitative estimate of drug-likeness (QED) is 0.457. The zero-order valence-corrected chi connectivity index (χ0v) is 19.0. The predicted molar refractivity (Wildman–Crippen MR) is 128 cm³/mol. The van der Waals surface area contributed by atoms with E-state index in [9.17, 15) is 0 Å². The lowest BCUT2D eigenvalue weighted by molar-refractivity contribution is 0.402. The second-order valence-electron chi connectivity index (χ2n) is 7.35. The van der Waals surface area contributed by atoms with Crippen LogP contribution in [0.1, 0.15) is 6.42 Å². The standard InChI is InChI=1S/C17H19ClN2S.C5H5N5/c1-19(2)10-5-11-20-14-6-3-4-7-16(14)21-17-9-8-13(18)12-15(17)20;6-4-3-5(9-1-7-3)10-2-8-4/h3-4,6-9,12H,5,10-11H2,1-2H3;1-2H,(H3,6,7,8,9,10). The summed E-state index contributed by atoms with van der Waals surface area (Å²) in [6.07, 6.45) is 4.05. The van der Waals surface area contributed by atoms with Gasteiger partial charge in [0.2, 0.25) is 0 Å². The summed E-state index contributed by atoms with van der Waals surface area (Å²) in [6, 6.07) is 14.8. The van der Waals surface area contributed by atoms with Gasteiger partial charge in [0.15, 0.2) is 11.5 Å². The van der Waals surface area contributed by atoms with Crippen LogP contribution in [-0.4, -0.2) is 52.0 Å². The Bertz CT molecular complexity index is 1180. The number of H-pyrrole nitrogens is 1. The summed E-state index contributed by atoms with van der Waals surface area (Å²) in [4.78, 5) is 21.6.